The summed E-state index contributed by atoms with van der Waals surface area (Å²) in [6.45, 7) is 2.91. The number of benzene rings is 1. The van der Waals surface area contributed by atoms with Crippen LogP contribution in [0.1, 0.15) is 10.4 Å². The topological polar surface area (TPSA) is 38.0 Å². The van der Waals surface area contributed by atoms with E-state index < -0.39 is 0 Å². The summed E-state index contributed by atoms with van der Waals surface area (Å²) < 4.78 is 0. The maximum absolute atomic E-state index is 5.77. The summed E-state index contributed by atoms with van der Waals surface area (Å²) in [7, 11) is 0. The van der Waals surface area contributed by atoms with E-state index in [1.807, 2.05) is 19.1 Å². The molecule has 1 heterocycles. The first-order chi connectivity index (χ1) is 7.24. The number of hydrogen-bond donors (Lipinski definition) is 2. The van der Waals surface area contributed by atoms with E-state index in [-0.39, 0.29) is 0 Å². The van der Waals surface area contributed by atoms with Gasteiger partial charge in [0.1, 0.15) is 0 Å². The standard InChI is InChI=1S/C12H14N2S/c1-9-5-10(13)7-11(6-9)14-8-12-3-2-4-15-12/h2-7,14H,8,13H2,1H3. The Kier molecular flexibility index (Phi) is 2.92. The van der Waals surface area contributed by atoms with E-state index in [4.69, 9.17) is 5.73 Å². The first-order valence-electron chi connectivity index (χ1n) is 4.87. The second-order valence-corrected chi connectivity index (χ2v) is 4.60. The lowest BCUT2D eigenvalue weighted by Crippen LogP contribution is -1.98. The summed E-state index contributed by atoms with van der Waals surface area (Å²) in [5, 5.41) is 5.44. The molecule has 1 aromatic carbocycles. The monoisotopic (exact) mass is 218 g/mol. The fourth-order valence-electron chi connectivity index (χ4n) is 1.52. The third-order valence-corrected chi connectivity index (χ3v) is 3.02. The average molecular weight is 218 g/mol. The summed E-state index contributed by atoms with van der Waals surface area (Å²) in [6, 6.07) is 10.2. The summed E-state index contributed by atoms with van der Waals surface area (Å²) in [6.07, 6.45) is 0. The van der Waals surface area contributed by atoms with E-state index in [1.165, 1.54) is 10.4 Å². The van der Waals surface area contributed by atoms with Crippen LogP contribution >= 0.6 is 11.3 Å². The zero-order valence-electron chi connectivity index (χ0n) is 8.66. The average Bonchev–Trinajstić information content (AvgIpc) is 2.65. The van der Waals surface area contributed by atoms with Gasteiger partial charge in [-0.2, -0.15) is 0 Å². The minimum atomic E-state index is 0.809. The van der Waals surface area contributed by atoms with Crippen molar-refractivity contribution in [2.45, 2.75) is 13.5 Å². The van der Waals surface area contributed by atoms with Gasteiger partial charge in [-0.15, -0.1) is 11.3 Å². The van der Waals surface area contributed by atoms with Crippen molar-refractivity contribution in [1.82, 2.24) is 0 Å². The Morgan fingerprint density at radius 3 is 2.87 bits per heavy atom. The molecule has 0 radical (unpaired) electrons. The fourth-order valence-corrected chi connectivity index (χ4v) is 2.16. The number of rotatable bonds is 3. The fraction of sp³-hybridized carbons (Fsp3) is 0.167. The van der Waals surface area contributed by atoms with Gasteiger partial charge in [-0.3, -0.25) is 0 Å². The predicted octanol–water partition coefficient (Wildman–Crippen LogP) is 3.25. The van der Waals surface area contributed by atoms with Crippen LogP contribution in [0.25, 0.3) is 0 Å². The second-order valence-electron chi connectivity index (χ2n) is 3.57. The van der Waals surface area contributed by atoms with Gasteiger partial charge in [0.2, 0.25) is 0 Å². The molecule has 2 rings (SSSR count). The van der Waals surface area contributed by atoms with E-state index in [0.29, 0.717) is 0 Å². The van der Waals surface area contributed by atoms with Gasteiger partial charge < -0.3 is 11.1 Å². The Hall–Kier alpha value is -1.48. The van der Waals surface area contributed by atoms with Gasteiger partial charge in [-0.05, 0) is 42.1 Å². The highest BCUT2D eigenvalue weighted by atomic mass is 32.1. The molecule has 0 spiro atoms. The third kappa shape index (κ3) is 2.73. The van der Waals surface area contributed by atoms with E-state index >= 15 is 0 Å². The Balaban J connectivity index is 2.05. The summed E-state index contributed by atoms with van der Waals surface area (Å²) in [5.74, 6) is 0. The van der Waals surface area contributed by atoms with Crippen LogP contribution in [-0.2, 0) is 6.54 Å². The van der Waals surface area contributed by atoms with Crippen LogP contribution in [0.5, 0.6) is 0 Å². The van der Waals surface area contributed by atoms with Crippen molar-refractivity contribution >= 4 is 22.7 Å². The molecule has 1 aromatic heterocycles. The van der Waals surface area contributed by atoms with Crippen molar-refractivity contribution in [3.05, 3.63) is 46.2 Å². The molecule has 2 nitrogen and oxygen atoms in total. The van der Waals surface area contributed by atoms with Gasteiger partial charge >= 0.3 is 0 Å². The molecule has 0 saturated carbocycles. The van der Waals surface area contributed by atoms with Crippen LogP contribution in [0.4, 0.5) is 11.4 Å². The predicted molar refractivity (Wildman–Crippen MR) is 67.2 cm³/mol. The minimum Gasteiger partial charge on any atom is -0.399 e. The maximum Gasteiger partial charge on any atom is 0.0494 e. The Morgan fingerprint density at radius 1 is 1.33 bits per heavy atom. The molecule has 3 N–H and O–H groups in total. The molecular weight excluding hydrogens is 204 g/mol. The van der Waals surface area contributed by atoms with Gasteiger partial charge in [0, 0.05) is 22.8 Å². The molecule has 15 heavy (non-hydrogen) atoms. The Bertz CT molecular complexity index is 415. The van der Waals surface area contributed by atoms with Crippen LogP contribution in [0.2, 0.25) is 0 Å². The number of anilines is 2. The zero-order valence-corrected chi connectivity index (χ0v) is 9.47. The summed E-state index contributed by atoms with van der Waals surface area (Å²) >= 11 is 1.76. The quantitative estimate of drug-likeness (QED) is 0.776. The molecule has 0 aliphatic carbocycles. The van der Waals surface area contributed by atoms with Crippen molar-refractivity contribution in [2.75, 3.05) is 11.1 Å². The largest absolute Gasteiger partial charge is 0.399 e. The molecule has 0 bridgehead atoms. The Labute approximate surface area is 93.7 Å². The lowest BCUT2D eigenvalue weighted by Gasteiger charge is -2.07. The molecule has 0 unspecified atom stereocenters. The van der Waals surface area contributed by atoms with Crippen LogP contribution < -0.4 is 11.1 Å². The molecule has 0 saturated heterocycles. The Morgan fingerprint density at radius 2 is 2.20 bits per heavy atom. The number of nitrogens with one attached hydrogen (secondary N) is 1. The maximum atomic E-state index is 5.77. The number of aryl methyl sites for hydroxylation is 1. The highest BCUT2D eigenvalue weighted by Gasteiger charge is 1.97. The van der Waals surface area contributed by atoms with Crippen molar-refractivity contribution in [3.8, 4) is 0 Å². The first kappa shape index (κ1) is 10.1. The molecule has 0 aliphatic heterocycles. The molecule has 0 atom stereocenters. The third-order valence-electron chi connectivity index (χ3n) is 2.15. The molecule has 0 aliphatic rings. The molecule has 3 heteroatoms. The number of nitrogens with two attached hydrogens (primary N) is 1. The highest BCUT2D eigenvalue weighted by molar-refractivity contribution is 7.09. The lowest BCUT2D eigenvalue weighted by molar-refractivity contribution is 1.19. The van der Waals surface area contributed by atoms with Gasteiger partial charge in [-0.1, -0.05) is 6.07 Å². The molecule has 78 valence electrons. The van der Waals surface area contributed by atoms with E-state index in [2.05, 4.69) is 28.9 Å². The number of nitrogen functional groups attached to an aromatic ring is 1. The normalized spacial score (nSPS) is 10.2. The van der Waals surface area contributed by atoms with Crippen LogP contribution in [0, 0.1) is 6.92 Å². The molecule has 0 amide bonds. The minimum absolute atomic E-state index is 0.809. The summed E-state index contributed by atoms with van der Waals surface area (Å²) in [4.78, 5) is 1.33. The summed E-state index contributed by atoms with van der Waals surface area (Å²) in [5.41, 5.74) is 8.85. The van der Waals surface area contributed by atoms with Gasteiger partial charge in [0.25, 0.3) is 0 Å². The lowest BCUT2D eigenvalue weighted by atomic mass is 10.2. The van der Waals surface area contributed by atoms with E-state index in [1.54, 1.807) is 11.3 Å². The molecular formula is C12H14N2S. The van der Waals surface area contributed by atoms with E-state index in [9.17, 15) is 0 Å². The highest BCUT2D eigenvalue weighted by Crippen LogP contribution is 2.17. The second kappa shape index (κ2) is 4.36. The van der Waals surface area contributed by atoms with Crippen LogP contribution in [-0.4, -0.2) is 0 Å². The van der Waals surface area contributed by atoms with Crippen molar-refractivity contribution < 1.29 is 0 Å². The SMILES string of the molecule is Cc1cc(N)cc(NCc2cccs2)c1. The van der Waals surface area contributed by atoms with Gasteiger partial charge in [-0.25, -0.2) is 0 Å². The van der Waals surface area contributed by atoms with Crippen LogP contribution in [0.3, 0.4) is 0 Å². The van der Waals surface area contributed by atoms with Gasteiger partial charge in [0.05, 0.1) is 0 Å². The van der Waals surface area contributed by atoms with E-state index in [0.717, 1.165) is 17.9 Å². The number of thiophene rings is 1. The zero-order chi connectivity index (χ0) is 10.7. The van der Waals surface area contributed by atoms with Gasteiger partial charge in [0.15, 0.2) is 0 Å². The van der Waals surface area contributed by atoms with Crippen LogP contribution in [0.15, 0.2) is 35.7 Å². The van der Waals surface area contributed by atoms with Crippen molar-refractivity contribution in [2.24, 2.45) is 0 Å². The molecule has 2 aromatic rings. The van der Waals surface area contributed by atoms with Crippen molar-refractivity contribution in [3.63, 3.8) is 0 Å². The van der Waals surface area contributed by atoms with Crippen molar-refractivity contribution in [1.29, 1.82) is 0 Å². The number of hydrogen-bond acceptors (Lipinski definition) is 3. The molecule has 0 fully saturated rings. The first-order valence-corrected chi connectivity index (χ1v) is 5.75. The smallest absolute Gasteiger partial charge is 0.0494 e.